The molecule has 1 heterocycles. The predicted octanol–water partition coefficient (Wildman–Crippen LogP) is 3.91. The summed E-state index contributed by atoms with van der Waals surface area (Å²) in [5.41, 5.74) is 3.21. The van der Waals surface area contributed by atoms with Gasteiger partial charge in [-0.2, -0.15) is 0 Å². The van der Waals surface area contributed by atoms with Gasteiger partial charge in [0.05, 0.1) is 6.61 Å². The van der Waals surface area contributed by atoms with E-state index in [-0.39, 0.29) is 6.29 Å². The highest BCUT2D eigenvalue weighted by molar-refractivity contribution is 7.15. The maximum absolute atomic E-state index is 6.55. The average Bonchev–Trinajstić information content (AvgIpc) is 2.82. The van der Waals surface area contributed by atoms with Crippen LogP contribution in [0.3, 0.4) is 0 Å². The zero-order valence-corrected chi connectivity index (χ0v) is 17.6. The molecular formula is C26H26O2Si. The van der Waals surface area contributed by atoms with Crippen molar-refractivity contribution in [2.24, 2.45) is 0 Å². The molecule has 1 saturated heterocycles. The molecule has 1 unspecified atom stereocenters. The van der Waals surface area contributed by atoms with Crippen molar-refractivity contribution in [2.45, 2.75) is 25.6 Å². The number of rotatable bonds is 6. The van der Waals surface area contributed by atoms with Gasteiger partial charge in [0.2, 0.25) is 8.07 Å². The Bertz CT molecular complexity index is 861. The zero-order valence-electron chi connectivity index (χ0n) is 16.6. The molecule has 0 bridgehead atoms. The topological polar surface area (TPSA) is 18.5 Å². The second-order valence-electron chi connectivity index (χ2n) is 7.27. The molecule has 1 atom stereocenters. The lowest BCUT2D eigenvalue weighted by Gasteiger charge is -2.36. The third-order valence-electron chi connectivity index (χ3n) is 5.51. The lowest BCUT2D eigenvalue weighted by atomic mass is 10.2. The van der Waals surface area contributed by atoms with Crippen LogP contribution in [-0.2, 0) is 9.47 Å². The summed E-state index contributed by atoms with van der Waals surface area (Å²) in [4.78, 5) is 0. The molecule has 0 amide bonds. The van der Waals surface area contributed by atoms with Gasteiger partial charge in [0.25, 0.3) is 0 Å². The molecule has 0 saturated carbocycles. The first-order chi connectivity index (χ1) is 14.4. The molecule has 0 spiro atoms. The molecule has 4 rings (SSSR count). The van der Waals surface area contributed by atoms with Gasteiger partial charge in [-0.15, -0.1) is 0 Å². The average molecular weight is 399 g/mol. The van der Waals surface area contributed by atoms with Gasteiger partial charge in [-0.25, -0.2) is 0 Å². The summed E-state index contributed by atoms with van der Waals surface area (Å²) >= 11 is 0. The number of hydrogen-bond acceptors (Lipinski definition) is 2. The third kappa shape index (κ3) is 3.85. The van der Waals surface area contributed by atoms with E-state index in [4.69, 9.17) is 9.47 Å². The third-order valence-corrected chi connectivity index (χ3v) is 10.1. The molecule has 146 valence electrons. The van der Waals surface area contributed by atoms with E-state index in [1.165, 1.54) is 15.6 Å². The first-order valence-electron chi connectivity index (χ1n) is 10.2. The van der Waals surface area contributed by atoms with Crippen LogP contribution in [0.25, 0.3) is 0 Å². The SMILES string of the molecule is C=C=C(OC1CCCCO1)[Si](c1ccccc1)(c1ccccc1)c1ccccc1. The normalized spacial score (nSPS) is 16.6. The number of hydrogen-bond donors (Lipinski definition) is 0. The highest BCUT2D eigenvalue weighted by Crippen LogP contribution is 2.23. The van der Waals surface area contributed by atoms with E-state index < -0.39 is 8.07 Å². The first-order valence-corrected chi connectivity index (χ1v) is 12.2. The van der Waals surface area contributed by atoms with Crippen LogP contribution in [0.4, 0.5) is 0 Å². The summed E-state index contributed by atoms with van der Waals surface area (Å²) in [6.45, 7) is 4.80. The summed E-state index contributed by atoms with van der Waals surface area (Å²) in [7, 11) is -2.70. The highest BCUT2D eigenvalue weighted by atomic mass is 28.3. The smallest absolute Gasteiger partial charge is 0.233 e. The molecule has 29 heavy (non-hydrogen) atoms. The summed E-state index contributed by atoms with van der Waals surface area (Å²) < 4.78 is 12.5. The zero-order chi connectivity index (χ0) is 19.9. The monoisotopic (exact) mass is 398 g/mol. The van der Waals surface area contributed by atoms with Gasteiger partial charge < -0.3 is 9.47 Å². The van der Waals surface area contributed by atoms with E-state index in [1.807, 2.05) is 0 Å². The van der Waals surface area contributed by atoms with Crippen LogP contribution in [-0.4, -0.2) is 21.0 Å². The Morgan fingerprint density at radius 2 is 1.28 bits per heavy atom. The van der Waals surface area contributed by atoms with Gasteiger partial charge in [-0.1, -0.05) is 103 Å². The molecule has 1 aliphatic rings. The highest BCUT2D eigenvalue weighted by Gasteiger charge is 2.46. The fourth-order valence-corrected chi connectivity index (χ4v) is 8.59. The Morgan fingerprint density at radius 3 is 1.66 bits per heavy atom. The van der Waals surface area contributed by atoms with Crippen LogP contribution in [0.5, 0.6) is 0 Å². The summed E-state index contributed by atoms with van der Waals surface area (Å²) in [5, 5.41) is 4.56. The fraction of sp³-hybridized carbons (Fsp3) is 0.192. The lowest BCUT2D eigenvalue weighted by molar-refractivity contribution is -0.133. The second kappa shape index (κ2) is 9.10. The van der Waals surface area contributed by atoms with Crippen LogP contribution in [0, 0.1) is 0 Å². The fourth-order valence-electron chi connectivity index (χ4n) is 4.16. The Labute approximate surface area is 174 Å². The molecule has 0 N–H and O–H groups in total. The summed E-state index contributed by atoms with van der Waals surface area (Å²) in [6, 6.07) is 32.0. The van der Waals surface area contributed by atoms with E-state index >= 15 is 0 Å². The molecule has 0 aromatic heterocycles. The molecule has 1 aliphatic heterocycles. The van der Waals surface area contributed by atoms with Gasteiger partial charge >= 0.3 is 0 Å². The van der Waals surface area contributed by atoms with Crippen molar-refractivity contribution in [3.8, 4) is 0 Å². The molecule has 0 radical (unpaired) electrons. The Morgan fingerprint density at radius 1 is 0.793 bits per heavy atom. The molecule has 0 aliphatic carbocycles. The first kappa shape index (κ1) is 19.5. The van der Waals surface area contributed by atoms with Crippen molar-refractivity contribution in [1.29, 1.82) is 0 Å². The minimum absolute atomic E-state index is 0.240. The lowest BCUT2D eigenvalue weighted by Crippen LogP contribution is -2.69. The molecule has 1 fully saturated rings. The summed E-state index contributed by atoms with van der Waals surface area (Å²) in [6.07, 6.45) is 2.86. The van der Waals surface area contributed by atoms with E-state index in [0.717, 1.165) is 31.3 Å². The van der Waals surface area contributed by atoms with Crippen LogP contribution in [0.15, 0.2) is 109 Å². The minimum atomic E-state index is -2.70. The van der Waals surface area contributed by atoms with Gasteiger partial charge in [-0.3, -0.25) is 0 Å². The van der Waals surface area contributed by atoms with Gasteiger partial charge in [0.15, 0.2) is 6.29 Å². The largest absolute Gasteiger partial charge is 0.465 e. The van der Waals surface area contributed by atoms with Crippen molar-refractivity contribution >= 4 is 23.6 Å². The van der Waals surface area contributed by atoms with Crippen molar-refractivity contribution < 1.29 is 9.47 Å². The Hall–Kier alpha value is -2.84. The Kier molecular flexibility index (Phi) is 6.11. The molecule has 3 aromatic rings. The predicted molar refractivity (Wildman–Crippen MR) is 121 cm³/mol. The van der Waals surface area contributed by atoms with Crippen molar-refractivity contribution in [2.75, 3.05) is 6.61 Å². The van der Waals surface area contributed by atoms with Crippen LogP contribution in [0.1, 0.15) is 19.3 Å². The number of ether oxygens (including phenoxy) is 2. The molecule has 2 nitrogen and oxygen atoms in total. The maximum Gasteiger partial charge on any atom is 0.233 e. The van der Waals surface area contributed by atoms with Gasteiger partial charge in [0, 0.05) is 6.42 Å². The van der Waals surface area contributed by atoms with Crippen LogP contribution < -0.4 is 15.6 Å². The van der Waals surface area contributed by atoms with Gasteiger partial charge in [-0.05, 0) is 28.4 Å². The maximum atomic E-state index is 6.55. The molecule has 3 aromatic carbocycles. The summed E-state index contributed by atoms with van der Waals surface area (Å²) in [5.74, 6) is 0. The van der Waals surface area contributed by atoms with Crippen LogP contribution >= 0.6 is 0 Å². The second-order valence-corrected chi connectivity index (χ2v) is 11.0. The Balaban J connectivity index is 1.95. The van der Waals surface area contributed by atoms with Gasteiger partial charge in [0.1, 0.15) is 5.38 Å². The number of benzene rings is 3. The quantitative estimate of drug-likeness (QED) is 0.271. The van der Waals surface area contributed by atoms with E-state index in [0.29, 0.717) is 0 Å². The van der Waals surface area contributed by atoms with E-state index in [2.05, 4.69) is 103 Å². The molecular weight excluding hydrogens is 372 g/mol. The molecule has 3 heteroatoms. The van der Waals surface area contributed by atoms with Crippen LogP contribution in [0.2, 0.25) is 0 Å². The van der Waals surface area contributed by atoms with Crippen molar-refractivity contribution in [3.63, 3.8) is 0 Å². The standard InChI is InChI=1S/C26H26O2Si/c1-2-26(28-25-20-12-13-21-27-25)29(22-14-6-3-7-15-22,23-16-8-4-9-17-23)24-18-10-5-11-19-24/h3-11,14-19,25H,1,12-13,20-21H2. The van der Waals surface area contributed by atoms with E-state index in [1.54, 1.807) is 0 Å². The van der Waals surface area contributed by atoms with Crippen molar-refractivity contribution in [3.05, 3.63) is 109 Å². The van der Waals surface area contributed by atoms with E-state index in [9.17, 15) is 0 Å². The minimum Gasteiger partial charge on any atom is -0.465 e. The van der Waals surface area contributed by atoms with Crippen molar-refractivity contribution in [1.82, 2.24) is 0 Å².